The molecule has 0 atom stereocenters. The van der Waals surface area contributed by atoms with Gasteiger partial charge in [-0.2, -0.15) is 4.37 Å². The molecule has 0 bridgehead atoms. The van der Waals surface area contributed by atoms with Crippen molar-refractivity contribution in [2.45, 2.75) is 26.2 Å². The van der Waals surface area contributed by atoms with Gasteiger partial charge in [-0.1, -0.05) is 29.8 Å². The van der Waals surface area contributed by atoms with Crippen LogP contribution >= 0.6 is 11.5 Å². The van der Waals surface area contributed by atoms with E-state index in [4.69, 9.17) is 14.5 Å². The summed E-state index contributed by atoms with van der Waals surface area (Å²) in [5.74, 6) is 2.56. The molecule has 0 saturated carbocycles. The number of piperidine rings is 1. The Kier molecular flexibility index (Phi) is 7.84. The van der Waals surface area contributed by atoms with Crippen LogP contribution in [-0.4, -0.2) is 49.2 Å². The second-order valence-corrected chi connectivity index (χ2v) is 9.25. The fourth-order valence-corrected chi connectivity index (χ4v) is 4.69. The highest BCUT2D eigenvalue weighted by molar-refractivity contribution is 7.09. The molecule has 34 heavy (non-hydrogen) atoms. The molecule has 1 saturated heterocycles. The van der Waals surface area contributed by atoms with Crippen LogP contribution in [-0.2, 0) is 6.42 Å². The molecule has 0 aliphatic carbocycles. The average Bonchev–Trinajstić information content (AvgIpc) is 3.32. The number of carbonyl (C=O) groups is 1. The van der Waals surface area contributed by atoms with Crippen molar-refractivity contribution in [3.05, 3.63) is 59.4 Å². The van der Waals surface area contributed by atoms with Crippen molar-refractivity contribution >= 4 is 28.4 Å². The van der Waals surface area contributed by atoms with E-state index in [0.717, 1.165) is 43.3 Å². The maximum atomic E-state index is 12.4. The molecular weight excluding hydrogens is 450 g/mol. The van der Waals surface area contributed by atoms with E-state index in [0.29, 0.717) is 29.6 Å². The molecule has 2 aromatic carbocycles. The van der Waals surface area contributed by atoms with Crippen LogP contribution in [0, 0.1) is 12.8 Å². The SMILES string of the molecule is COc1cc(NC(=O)NCC2CCN(c3nc(Cc4ccc(C)cc4)ns3)CC2)cc(OC)c1. The van der Waals surface area contributed by atoms with Crippen LogP contribution in [0.2, 0.25) is 0 Å². The molecule has 1 fully saturated rings. The maximum absolute atomic E-state index is 12.4. The molecule has 2 N–H and O–H groups in total. The highest BCUT2D eigenvalue weighted by Crippen LogP contribution is 2.27. The molecular formula is C25H31N5O3S. The lowest BCUT2D eigenvalue weighted by Gasteiger charge is -2.31. The van der Waals surface area contributed by atoms with Crippen LogP contribution < -0.4 is 25.0 Å². The van der Waals surface area contributed by atoms with Gasteiger partial charge in [0.15, 0.2) is 0 Å². The summed E-state index contributed by atoms with van der Waals surface area (Å²) in [4.78, 5) is 19.4. The third kappa shape index (κ3) is 6.38. The minimum absolute atomic E-state index is 0.234. The Morgan fingerprint density at radius 3 is 2.41 bits per heavy atom. The predicted octanol–water partition coefficient (Wildman–Crippen LogP) is 4.49. The minimum Gasteiger partial charge on any atom is -0.497 e. The van der Waals surface area contributed by atoms with E-state index in [9.17, 15) is 4.79 Å². The molecule has 3 aromatic rings. The first-order valence-electron chi connectivity index (χ1n) is 11.4. The number of amides is 2. The number of hydrogen-bond acceptors (Lipinski definition) is 7. The molecule has 0 radical (unpaired) electrons. The number of benzene rings is 2. The molecule has 0 unspecified atom stereocenters. The van der Waals surface area contributed by atoms with Crippen LogP contribution in [0.4, 0.5) is 15.6 Å². The molecule has 1 aliphatic rings. The third-order valence-electron chi connectivity index (χ3n) is 5.99. The van der Waals surface area contributed by atoms with Crippen LogP contribution in [0.5, 0.6) is 11.5 Å². The van der Waals surface area contributed by atoms with Crippen LogP contribution in [0.1, 0.15) is 29.8 Å². The zero-order valence-corrected chi connectivity index (χ0v) is 20.7. The third-order valence-corrected chi connectivity index (χ3v) is 6.80. The first-order valence-corrected chi connectivity index (χ1v) is 12.2. The second kappa shape index (κ2) is 11.2. The summed E-state index contributed by atoms with van der Waals surface area (Å²) in [6.45, 7) is 4.56. The fourth-order valence-electron chi connectivity index (χ4n) is 3.95. The van der Waals surface area contributed by atoms with E-state index in [1.54, 1.807) is 32.4 Å². The van der Waals surface area contributed by atoms with Gasteiger partial charge in [-0.05, 0) is 31.2 Å². The van der Waals surface area contributed by atoms with E-state index in [2.05, 4.69) is 51.1 Å². The summed E-state index contributed by atoms with van der Waals surface area (Å²) >= 11 is 1.47. The Hall–Kier alpha value is -3.33. The first-order chi connectivity index (χ1) is 16.5. The van der Waals surface area contributed by atoms with E-state index in [1.165, 1.54) is 22.7 Å². The highest BCUT2D eigenvalue weighted by atomic mass is 32.1. The van der Waals surface area contributed by atoms with E-state index in [-0.39, 0.29) is 6.03 Å². The Balaban J connectivity index is 1.22. The lowest BCUT2D eigenvalue weighted by atomic mass is 9.97. The Morgan fingerprint density at radius 1 is 1.09 bits per heavy atom. The number of ether oxygens (including phenoxy) is 2. The van der Waals surface area contributed by atoms with Crippen molar-refractivity contribution in [3.63, 3.8) is 0 Å². The molecule has 1 aliphatic heterocycles. The molecule has 8 nitrogen and oxygen atoms in total. The zero-order chi connectivity index (χ0) is 23.9. The Labute approximate surface area is 204 Å². The fraction of sp³-hybridized carbons (Fsp3) is 0.400. The molecule has 2 heterocycles. The number of aromatic nitrogens is 2. The maximum Gasteiger partial charge on any atom is 0.319 e. The summed E-state index contributed by atoms with van der Waals surface area (Å²) in [5.41, 5.74) is 3.11. The lowest BCUT2D eigenvalue weighted by molar-refractivity contribution is 0.248. The Morgan fingerprint density at radius 2 is 1.76 bits per heavy atom. The molecule has 2 amide bonds. The van der Waals surface area contributed by atoms with Crippen molar-refractivity contribution in [3.8, 4) is 11.5 Å². The molecule has 4 rings (SSSR count). The van der Waals surface area contributed by atoms with Gasteiger partial charge in [-0.3, -0.25) is 0 Å². The Bertz CT molecular complexity index is 1070. The quantitative estimate of drug-likeness (QED) is 0.493. The topological polar surface area (TPSA) is 88.6 Å². The smallest absolute Gasteiger partial charge is 0.319 e. The molecule has 0 spiro atoms. The normalized spacial score (nSPS) is 14.0. The number of methoxy groups -OCH3 is 2. The van der Waals surface area contributed by atoms with E-state index in [1.807, 2.05) is 0 Å². The molecule has 1 aromatic heterocycles. The van der Waals surface area contributed by atoms with Gasteiger partial charge in [0, 0.05) is 61.5 Å². The number of carbonyl (C=O) groups excluding carboxylic acids is 1. The van der Waals surface area contributed by atoms with Crippen LogP contribution in [0.3, 0.4) is 0 Å². The van der Waals surface area contributed by atoms with Gasteiger partial charge in [0.1, 0.15) is 17.3 Å². The van der Waals surface area contributed by atoms with Crippen molar-refractivity contribution in [1.29, 1.82) is 0 Å². The van der Waals surface area contributed by atoms with Crippen molar-refractivity contribution < 1.29 is 14.3 Å². The summed E-state index contributed by atoms with van der Waals surface area (Å²) in [6, 6.07) is 13.6. The standard InChI is InChI=1S/C25H31N5O3S/c1-17-4-6-18(7-5-17)12-23-28-25(34-29-23)30-10-8-19(9-11-30)16-26-24(31)27-20-13-21(32-2)15-22(14-20)33-3/h4-7,13-15,19H,8-12,16H2,1-3H3,(H2,26,27,31). The first kappa shape index (κ1) is 23.8. The largest absolute Gasteiger partial charge is 0.497 e. The minimum atomic E-state index is -0.234. The average molecular weight is 482 g/mol. The number of rotatable bonds is 8. The van der Waals surface area contributed by atoms with Gasteiger partial charge in [0.05, 0.1) is 14.2 Å². The number of nitrogens with one attached hydrogen (secondary N) is 2. The predicted molar refractivity (Wildman–Crippen MR) is 135 cm³/mol. The van der Waals surface area contributed by atoms with Gasteiger partial charge in [-0.25, -0.2) is 9.78 Å². The zero-order valence-electron chi connectivity index (χ0n) is 19.8. The van der Waals surface area contributed by atoms with E-state index >= 15 is 0 Å². The number of hydrogen-bond donors (Lipinski definition) is 2. The summed E-state index contributed by atoms with van der Waals surface area (Å²) in [6.07, 6.45) is 2.76. The van der Waals surface area contributed by atoms with Gasteiger partial charge in [0.25, 0.3) is 0 Å². The number of nitrogens with zero attached hydrogens (tertiary/aromatic N) is 3. The molecule has 180 valence electrons. The number of anilines is 2. The lowest BCUT2D eigenvalue weighted by Crippen LogP contribution is -2.39. The number of urea groups is 1. The van der Waals surface area contributed by atoms with Gasteiger partial charge in [-0.15, -0.1) is 0 Å². The van der Waals surface area contributed by atoms with Gasteiger partial charge < -0.3 is 25.0 Å². The second-order valence-electron chi connectivity index (χ2n) is 8.52. The van der Waals surface area contributed by atoms with Gasteiger partial charge in [0.2, 0.25) is 5.13 Å². The van der Waals surface area contributed by atoms with Crippen LogP contribution in [0.15, 0.2) is 42.5 Å². The molecule has 9 heteroatoms. The van der Waals surface area contributed by atoms with Crippen molar-refractivity contribution in [2.75, 3.05) is 44.1 Å². The highest BCUT2D eigenvalue weighted by Gasteiger charge is 2.22. The number of aryl methyl sites for hydroxylation is 1. The van der Waals surface area contributed by atoms with Crippen LogP contribution in [0.25, 0.3) is 0 Å². The van der Waals surface area contributed by atoms with E-state index < -0.39 is 0 Å². The van der Waals surface area contributed by atoms with Crippen molar-refractivity contribution in [2.24, 2.45) is 5.92 Å². The summed E-state index contributed by atoms with van der Waals surface area (Å²) in [7, 11) is 3.16. The summed E-state index contributed by atoms with van der Waals surface area (Å²) < 4.78 is 15.1. The monoisotopic (exact) mass is 481 g/mol. The van der Waals surface area contributed by atoms with Crippen molar-refractivity contribution in [1.82, 2.24) is 14.7 Å². The van der Waals surface area contributed by atoms with Gasteiger partial charge >= 0.3 is 6.03 Å². The summed E-state index contributed by atoms with van der Waals surface area (Å²) in [5, 5.41) is 6.83.